The Hall–Kier alpha value is -4.39. The van der Waals surface area contributed by atoms with Crippen molar-refractivity contribution in [2.75, 3.05) is 13.2 Å². The summed E-state index contributed by atoms with van der Waals surface area (Å²) >= 11 is 0. The third-order valence-electron chi connectivity index (χ3n) is 10.6. The summed E-state index contributed by atoms with van der Waals surface area (Å²) in [5, 5.41) is 0. The lowest BCUT2D eigenvalue weighted by Gasteiger charge is -2.22. The van der Waals surface area contributed by atoms with Crippen molar-refractivity contribution >= 4 is 38.0 Å². The highest BCUT2D eigenvalue weighted by Crippen LogP contribution is 2.55. The minimum Gasteiger partial charge on any atom is -0.416 e. The van der Waals surface area contributed by atoms with Gasteiger partial charge in [0, 0.05) is 24.8 Å². The number of rotatable bonds is 25. The molecule has 6 rings (SSSR count). The van der Waals surface area contributed by atoms with Crippen molar-refractivity contribution in [1.82, 2.24) is 9.97 Å². The molecule has 4 unspecified atom stereocenters. The SMILES string of the molecule is CC(C)P(=O)(O)OCc1ccccc1.CC(C)P(=O)(O)OCc1cccnc1.CC(C)P(=O)(Oc1ccccc1)Oc1ccccc1.CCOP(=O)(OCc1ccccc1)C(C)C.CCOP(=O)(OCc1cccnc1)C(C)C. The molecule has 0 saturated heterocycles. The highest BCUT2D eigenvalue weighted by Gasteiger charge is 2.33. The van der Waals surface area contributed by atoms with Crippen LogP contribution in [0.5, 0.6) is 11.5 Å². The van der Waals surface area contributed by atoms with Gasteiger partial charge in [-0.05, 0) is 86.3 Å². The Morgan fingerprint density at radius 3 is 0.911 bits per heavy atom. The molecule has 0 spiro atoms. The first-order valence-electron chi connectivity index (χ1n) is 26.0. The van der Waals surface area contributed by atoms with Gasteiger partial charge >= 0.3 is 38.0 Å². The molecule has 0 bridgehead atoms. The van der Waals surface area contributed by atoms with E-state index in [1.165, 1.54) is 0 Å². The number of nitrogens with zero attached hydrogens (tertiary/aromatic N) is 2. The zero-order valence-electron chi connectivity index (χ0n) is 47.6. The summed E-state index contributed by atoms with van der Waals surface area (Å²) in [5.41, 5.74) is 2.38. The molecule has 4 aromatic carbocycles. The second kappa shape index (κ2) is 36.9. The van der Waals surface area contributed by atoms with Gasteiger partial charge in [0.05, 0.1) is 67.9 Å². The van der Waals surface area contributed by atoms with Gasteiger partial charge in [0.2, 0.25) is 0 Å². The van der Waals surface area contributed by atoms with E-state index in [0.717, 1.165) is 22.3 Å². The van der Waals surface area contributed by atoms with Crippen LogP contribution in [0.4, 0.5) is 0 Å². The van der Waals surface area contributed by atoms with Crippen LogP contribution in [0, 0.1) is 0 Å². The molecule has 17 nitrogen and oxygen atoms in total. The maximum atomic E-state index is 12.8. The number of hydrogen-bond acceptors (Lipinski definition) is 15. The molecule has 0 saturated carbocycles. The third-order valence-corrected chi connectivity index (χ3v) is 21.1. The number of aromatic nitrogens is 2. The quantitative estimate of drug-likeness (QED) is 0.0508. The van der Waals surface area contributed by atoms with Gasteiger partial charge in [0.15, 0.2) is 0 Å². The minimum atomic E-state index is -3.46. The first kappa shape index (κ1) is 70.7. The summed E-state index contributed by atoms with van der Waals surface area (Å²) in [7, 11) is -16.1. The first-order chi connectivity index (χ1) is 37.3. The molecule has 2 aromatic heterocycles. The maximum Gasteiger partial charge on any atom is 0.433 e. The molecule has 436 valence electrons. The normalized spacial score (nSPS) is 14.3. The molecular formula is C57H83N2O15P5. The Morgan fingerprint density at radius 2 is 0.633 bits per heavy atom. The molecule has 6 aromatic rings. The fourth-order valence-electron chi connectivity index (χ4n) is 5.59. The molecule has 0 radical (unpaired) electrons. The van der Waals surface area contributed by atoms with E-state index in [4.69, 9.17) is 36.2 Å². The molecule has 0 aliphatic rings. The van der Waals surface area contributed by atoms with Gasteiger partial charge < -0.3 is 46.0 Å². The molecule has 2 heterocycles. The molecule has 22 heteroatoms. The van der Waals surface area contributed by atoms with E-state index >= 15 is 0 Å². The van der Waals surface area contributed by atoms with Crippen molar-refractivity contribution < 1.29 is 68.8 Å². The molecule has 0 aliphatic heterocycles. The number of hydrogen-bond donors (Lipinski definition) is 2. The van der Waals surface area contributed by atoms with Crippen molar-refractivity contribution in [1.29, 1.82) is 0 Å². The topological polar surface area (TPSA) is 225 Å². The fraction of sp³-hybridized carbons (Fsp3) is 0.404. The van der Waals surface area contributed by atoms with Gasteiger partial charge in [-0.15, -0.1) is 0 Å². The van der Waals surface area contributed by atoms with Crippen LogP contribution in [0.1, 0.15) is 105 Å². The van der Waals surface area contributed by atoms with Crippen LogP contribution in [0.2, 0.25) is 0 Å². The van der Waals surface area contributed by atoms with E-state index in [9.17, 15) is 32.6 Å². The largest absolute Gasteiger partial charge is 0.433 e. The predicted octanol–water partition coefficient (Wildman–Crippen LogP) is 16.8. The second-order valence-corrected chi connectivity index (χ2v) is 31.2. The number of para-hydroxylation sites is 2. The van der Waals surface area contributed by atoms with Gasteiger partial charge in [-0.3, -0.25) is 28.2 Å². The Labute approximate surface area is 469 Å². The molecule has 0 aliphatic carbocycles. The van der Waals surface area contributed by atoms with Crippen molar-refractivity contribution in [2.45, 2.75) is 138 Å². The van der Waals surface area contributed by atoms with Crippen LogP contribution in [0.3, 0.4) is 0 Å². The second-order valence-electron chi connectivity index (χ2n) is 18.6. The Balaban J connectivity index is 0.000000339. The highest BCUT2D eigenvalue weighted by molar-refractivity contribution is 7.55. The van der Waals surface area contributed by atoms with Gasteiger partial charge in [0.1, 0.15) is 11.5 Å². The van der Waals surface area contributed by atoms with Crippen LogP contribution in [0.25, 0.3) is 0 Å². The zero-order chi connectivity index (χ0) is 59.0. The standard InChI is InChI=1S/C15H17O3P.C12H19O3P.C11H18NO3P.C10H15O3P.C9H14NO3P/c1-13(2)19(16,17-14-9-5-3-6-10-14)18-15-11-7-4-8-12-15;1-4-14-16(13,11(2)3)15-10-12-8-6-5-7-9-12;1-4-14-16(13,10(2)3)15-9-11-6-5-7-12-8-11;1-9(2)14(11,12)13-8-10-6-4-3-5-7-10;1-8(2)14(11,12)13-7-9-4-3-5-10-6-9/h3-13H,1-2H3;5-9,11H,4,10H2,1-3H3;5-8,10H,4,9H2,1-3H3;3-7,9H,8H2,1-2H3,(H,11,12);3-6,8H,7H2,1-2H3,(H,11,12). The third kappa shape index (κ3) is 28.2. The van der Waals surface area contributed by atoms with E-state index < -0.39 is 38.0 Å². The van der Waals surface area contributed by atoms with Gasteiger partial charge in [-0.2, -0.15) is 0 Å². The summed E-state index contributed by atoms with van der Waals surface area (Å²) in [6.07, 6.45) is 6.63. The Morgan fingerprint density at radius 1 is 0.354 bits per heavy atom. The summed E-state index contributed by atoms with van der Waals surface area (Å²) in [6.45, 7) is 23.0. The number of benzene rings is 4. The van der Waals surface area contributed by atoms with Crippen molar-refractivity contribution in [3.63, 3.8) is 0 Å². The van der Waals surface area contributed by atoms with Crippen molar-refractivity contribution in [3.8, 4) is 11.5 Å². The predicted molar refractivity (Wildman–Crippen MR) is 316 cm³/mol. The first-order valence-corrected chi connectivity index (χ1v) is 34.1. The van der Waals surface area contributed by atoms with E-state index in [1.54, 1.807) is 88.9 Å². The lowest BCUT2D eigenvalue weighted by molar-refractivity contribution is 0.198. The smallest absolute Gasteiger partial charge is 0.416 e. The van der Waals surface area contributed by atoms with Crippen LogP contribution < -0.4 is 9.05 Å². The van der Waals surface area contributed by atoms with E-state index in [1.807, 2.05) is 165 Å². The molecule has 2 N–H and O–H groups in total. The molecule has 79 heavy (non-hydrogen) atoms. The Kier molecular flexibility index (Phi) is 33.0. The Bertz CT molecular complexity index is 2600. The molecular weight excluding hydrogens is 1110 g/mol. The van der Waals surface area contributed by atoms with E-state index in [0.29, 0.717) is 31.3 Å². The summed E-state index contributed by atoms with van der Waals surface area (Å²) in [6, 6.07) is 44.5. The summed E-state index contributed by atoms with van der Waals surface area (Å²) in [5.74, 6) is 1.10. The van der Waals surface area contributed by atoms with Gasteiger partial charge in [-0.1, -0.05) is 165 Å². The minimum absolute atomic E-state index is 0.115. The van der Waals surface area contributed by atoms with Gasteiger partial charge in [0.25, 0.3) is 0 Å². The highest BCUT2D eigenvalue weighted by atomic mass is 31.2. The lowest BCUT2D eigenvalue weighted by atomic mass is 10.2. The summed E-state index contributed by atoms with van der Waals surface area (Å²) < 4.78 is 103. The number of pyridine rings is 2. The lowest BCUT2D eigenvalue weighted by Crippen LogP contribution is -2.10. The molecule has 0 fully saturated rings. The van der Waals surface area contributed by atoms with E-state index in [2.05, 4.69) is 9.97 Å². The van der Waals surface area contributed by atoms with Crippen molar-refractivity contribution in [2.24, 2.45) is 0 Å². The zero-order valence-corrected chi connectivity index (χ0v) is 52.1. The maximum absolute atomic E-state index is 12.8. The fourth-order valence-corrected chi connectivity index (χ4v) is 10.9. The molecule has 4 atom stereocenters. The van der Waals surface area contributed by atoms with Crippen LogP contribution in [-0.2, 0) is 76.4 Å². The van der Waals surface area contributed by atoms with Crippen LogP contribution in [0.15, 0.2) is 170 Å². The average molecular weight is 1190 g/mol. The van der Waals surface area contributed by atoms with E-state index in [-0.39, 0.29) is 48.1 Å². The van der Waals surface area contributed by atoms with Crippen LogP contribution >= 0.6 is 38.0 Å². The van der Waals surface area contributed by atoms with Gasteiger partial charge in [-0.25, -0.2) is 4.57 Å². The van der Waals surface area contributed by atoms with Crippen LogP contribution in [-0.4, -0.2) is 61.3 Å². The van der Waals surface area contributed by atoms with Crippen molar-refractivity contribution in [3.05, 3.63) is 193 Å². The monoisotopic (exact) mass is 1190 g/mol. The molecule has 0 amide bonds. The average Bonchev–Trinajstić information content (AvgIpc) is 3.43. The summed E-state index contributed by atoms with van der Waals surface area (Å²) in [4.78, 5) is 26.6.